The molecule has 0 bridgehead atoms. The number of rotatable bonds is 8. The van der Waals surface area contributed by atoms with Gasteiger partial charge in [-0.05, 0) is 35.7 Å². The molecule has 158 valence electrons. The summed E-state index contributed by atoms with van der Waals surface area (Å²) in [6.07, 6.45) is 0. The number of methoxy groups -OCH3 is 1. The first-order valence-electron chi connectivity index (χ1n) is 9.54. The van der Waals surface area contributed by atoms with E-state index < -0.39 is 15.9 Å². The van der Waals surface area contributed by atoms with Crippen molar-refractivity contribution in [2.75, 3.05) is 25.5 Å². The van der Waals surface area contributed by atoms with Crippen molar-refractivity contribution in [3.63, 3.8) is 0 Å². The van der Waals surface area contributed by atoms with Crippen LogP contribution in [0.3, 0.4) is 0 Å². The van der Waals surface area contributed by atoms with Crippen LogP contribution in [0.2, 0.25) is 0 Å². The molecule has 30 heavy (non-hydrogen) atoms. The molecule has 3 rings (SSSR count). The van der Waals surface area contributed by atoms with Gasteiger partial charge in [-0.2, -0.15) is 4.31 Å². The van der Waals surface area contributed by atoms with Gasteiger partial charge in [0.15, 0.2) is 0 Å². The molecule has 0 radical (unpaired) electrons. The standard InChI is InChI=1S/C22H24N2O4S2/c1-4-24(5-2)30(26,27)21-15-16(12-13-19(21)28-3)22(25)23-18-10-7-6-9-17(18)20-11-8-14-29-20/h6-15H,4-5H2,1-3H3,(H,23,25). The number of ether oxygens (including phenoxy) is 1. The summed E-state index contributed by atoms with van der Waals surface area (Å²) >= 11 is 1.58. The summed E-state index contributed by atoms with van der Waals surface area (Å²) in [6.45, 7) is 4.19. The second kappa shape index (κ2) is 9.42. The molecular weight excluding hydrogens is 420 g/mol. The van der Waals surface area contributed by atoms with Crippen LogP contribution in [-0.4, -0.2) is 38.8 Å². The molecule has 0 atom stereocenters. The highest BCUT2D eigenvalue weighted by Crippen LogP contribution is 2.32. The number of hydrogen-bond acceptors (Lipinski definition) is 5. The van der Waals surface area contributed by atoms with E-state index in [1.807, 2.05) is 41.8 Å². The number of anilines is 1. The Balaban J connectivity index is 1.97. The van der Waals surface area contributed by atoms with Crippen molar-refractivity contribution in [2.45, 2.75) is 18.7 Å². The van der Waals surface area contributed by atoms with Crippen LogP contribution in [0.15, 0.2) is 64.9 Å². The second-order valence-corrected chi connectivity index (χ2v) is 9.29. The Bertz CT molecular complexity index is 1120. The number of carbonyl (C=O) groups is 1. The van der Waals surface area contributed by atoms with E-state index in [1.165, 1.54) is 23.5 Å². The van der Waals surface area contributed by atoms with Gasteiger partial charge in [0, 0.05) is 34.8 Å². The molecule has 6 nitrogen and oxygen atoms in total. The van der Waals surface area contributed by atoms with Crippen molar-refractivity contribution >= 4 is 33.0 Å². The number of amides is 1. The minimum atomic E-state index is -3.79. The SMILES string of the molecule is CCN(CC)S(=O)(=O)c1cc(C(=O)Nc2ccccc2-c2cccs2)ccc1OC. The molecule has 1 heterocycles. The summed E-state index contributed by atoms with van der Waals surface area (Å²) in [5.74, 6) is -0.185. The molecule has 1 N–H and O–H groups in total. The molecule has 0 saturated carbocycles. The van der Waals surface area contributed by atoms with Gasteiger partial charge >= 0.3 is 0 Å². The average Bonchev–Trinajstić information content (AvgIpc) is 3.29. The fourth-order valence-electron chi connectivity index (χ4n) is 3.16. The minimum absolute atomic E-state index is 0.0205. The molecule has 0 fully saturated rings. The number of nitrogens with zero attached hydrogens (tertiary/aromatic N) is 1. The van der Waals surface area contributed by atoms with Gasteiger partial charge in [0.05, 0.1) is 7.11 Å². The highest BCUT2D eigenvalue weighted by molar-refractivity contribution is 7.89. The van der Waals surface area contributed by atoms with Crippen LogP contribution in [0.4, 0.5) is 5.69 Å². The van der Waals surface area contributed by atoms with Crippen molar-refractivity contribution < 1.29 is 17.9 Å². The normalized spacial score (nSPS) is 11.5. The number of nitrogens with one attached hydrogen (secondary N) is 1. The minimum Gasteiger partial charge on any atom is -0.495 e. The molecule has 1 amide bonds. The zero-order chi connectivity index (χ0) is 21.7. The number of sulfonamides is 1. The van der Waals surface area contributed by atoms with E-state index in [2.05, 4.69) is 5.32 Å². The Morgan fingerprint density at radius 1 is 1.07 bits per heavy atom. The van der Waals surface area contributed by atoms with E-state index in [4.69, 9.17) is 4.74 Å². The molecule has 0 aliphatic carbocycles. The Morgan fingerprint density at radius 3 is 2.43 bits per heavy atom. The Hall–Kier alpha value is -2.68. The van der Waals surface area contributed by atoms with Crippen LogP contribution in [0.25, 0.3) is 10.4 Å². The molecular formula is C22H24N2O4S2. The second-order valence-electron chi connectivity index (χ2n) is 6.43. The fraction of sp³-hybridized carbons (Fsp3) is 0.227. The summed E-state index contributed by atoms with van der Waals surface area (Å²) in [6, 6.07) is 15.9. The molecule has 0 aliphatic rings. The third-order valence-electron chi connectivity index (χ3n) is 4.71. The number of hydrogen-bond donors (Lipinski definition) is 1. The van der Waals surface area contributed by atoms with E-state index in [-0.39, 0.29) is 16.2 Å². The third-order valence-corrected chi connectivity index (χ3v) is 7.69. The van der Waals surface area contributed by atoms with E-state index in [9.17, 15) is 13.2 Å². The van der Waals surface area contributed by atoms with Crippen LogP contribution in [0.5, 0.6) is 5.75 Å². The molecule has 8 heteroatoms. The molecule has 2 aromatic carbocycles. The lowest BCUT2D eigenvalue weighted by molar-refractivity contribution is 0.102. The first kappa shape index (κ1) is 22.0. The third kappa shape index (κ3) is 4.40. The average molecular weight is 445 g/mol. The predicted octanol–water partition coefficient (Wildman–Crippen LogP) is 4.71. The van der Waals surface area contributed by atoms with Gasteiger partial charge in [0.2, 0.25) is 10.0 Å². The molecule has 0 saturated heterocycles. The van der Waals surface area contributed by atoms with Crippen LogP contribution >= 0.6 is 11.3 Å². The largest absolute Gasteiger partial charge is 0.495 e. The van der Waals surface area contributed by atoms with Gasteiger partial charge in [-0.3, -0.25) is 4.79 Å². The molecule has 1 aromatic heterocycles. The highest BCUT2D eigenvalue weighted by atomic mass is 32.2. The maximum absolute atomic E-state index is 13.0. The highest BCUT2D eigenvalue weighted by Gasteiger charge is 2.27. The number of carbonyl (C=O) groups excluding carboxylic acids is 1. The van der Waals surface area contributed by atoms with Crippen molar-refractivity contribution in [1.82, 2.24) is 4.31 Å². The van der Waals surface area contributed by atoms with E-state index >= 15 is 0 Å². The first-order valence-corrected chi connectivity index (χ1v) is 11.9. The van der Waals surface area contributed by atoms with Gasteiger partial charge in [-0.15, -0.1) is 11.3 Å². The first-order chi connectivity index (χ1) is 14.4. The van der Waals surface area contributed by atoms with Gasteiger partial charge in [-0.1, -0.05) is 38.1 Å². The van der Waals surface area contributed by atoms with E-state index in [1.54, 1.807) is 31.3 Å². The number of thiophene rings is 1. The smallest absolute Gasteiger partial charge is 0.255 e. The summed E-state index contributed by atoms with van der Waals surface area (Å²) in [5, 5.41) is 4.88. The van der Waals surface area contributed by atoms with Crippen LogP contribution in [0, 0.1) is 0 Å². The topological polar surface area (TPSA) is 75.7 Å². The zero-order valence-electron chi connectivity index (χ0n) is 17.1. The van der Waals surface area contributed by atoms with Crippen molar-refractivity contribution in [2.24, 2.45) is 0 Å². The van der Waals surface area contributed by atoms with Gasteiger partial charge in [-0.25, -0.2) is 8.42 Å². The fourth-order valence-corrected chi connectivity index (χ4v) is 5.56. The Kier molecular flexibility index (Phi) is 6.91. The zero-order valence-corrected chi connectivity index (χ0v) is 18.7. The predicted molar refractivity (Wildman–Crippen MR) is 121 cm³/mol. The molecule has 0 aliphatic heterocycles. The molecule has 3 aromatic rings. The molecule has 0 unspecified atom stereocenters. The maximum atomic E-state index is 13.0. The Morgan fingerprint density at radius 2 is 1.80 bits per heavy atom. The van der Waals surface area contributed by atoms with Crippen LogP contribution in [-0.2, 0) is 10.0 Å². The maximum Gasteiger partial charge on any atom is 0.255 e. The Labute approximate surface area is 181 Å². The van der Waals surface area contributed by atoms with Gasteiger partial charge < -0.3 is 10.1 Å². The lowest BCUT2D eigenvalue weighted by Crippen LogP contribution is -2.31. The summed E-state index contributed by atoms with van der Waals surface area (Å²) < 4.78 is 32.7. The number of benzene rings is 2. The monoisotopic (exact) mass is 444 g/mol. The van der Waals surface area contributed by atoms with Gasteiger partial charge in [0.1, 0.15) is 10.6 Å². The van der Waals surface area contributed by atoms with Crippen molar-refractivity contribution in [3.05, 3.63) is 65.5 Å². The van der Waals surface area contributed by atoms with Crippen molar-refractivity contribution in [1.29, 1.82) is 0 Å². The quantitative estimate of drug-likeness (QED) is 0.546. The van der Waals surface area contributed by atoms with Crippen LogP contribution in [0.1, 0.15) is 24.2 Å². The molecule has 0 spiro atoms. The van der Waals surface area contributed by atoms with E-state index in [0.29, 0.717) is 18.8 Å². The summed E-state index contributed by atoms with van der Waals surface area (Å²) in [4.78, 5) is 14.0. The summed E-state index contributed by atoms with van der Waals surface area (Å²) in [5.41, 5.74) is 1.81. The lowest BCUT2D eigenvalue weighted by atomic mass is 10.1. The van der Waals surface area contributed by atoms with Crippen molar-refractivity contribution in [3.8, 4) is 16.2 Å². The van der Waals surface area contributed by atoms with Gasteiger partial charge in [0.25, 0.3) is 5.91 Å². The van der Waals surface area contributed by atoms with E-state index in [0.717, 1.165) is 10.4 Å². The lowest BCUT2D eigenvalue weighted by Gasteiger charge is -2.20. The van der Waals surface area contributed by atoms with Crippen LogP contribution < -0.4 is 10.1 Å². The summed E-state index contributed by atoms with van der Waals surface area (Å²) in [7, 11) is -2.38. The number of para-hydroxylation sites is 1.